The molecule has 0 saturated carbocycles. The fourth-order valence-corrected chi connectivity index (χ4v) is 3.74. The second-order valence-electron chi connectivity index (χ2n) is 5.59. The number of nitrogens with zero attached hydrogens (tertiary/aromatic N) is 2. The van der Waals surface area contributed by atoms with E-state index in [-0.39, 0.29) is 12.0 Å². The summed E-state index contributed by atoms with van der Waals surface area (Å²) in [5, 5.41) is 23.8. The van der Waals surface area contributed by atoms with E-state index >= 15 is 0 Å². The zero-order valence-electron chi connectivity index (χ0n) is 13.6. The van der Waals surface area contributed by atoms with Crippen molar-refractivity contribution in [2.24, 2.45) is 4.99 Å². The molecule has 1 saturated heterocycles. The van der Waals surface area contributed by atoms with Crippen molar-refractivity contribution in [1.82, 2.24) is 10.2 Å². The normalized spacial score (nSPS) is 32.9. The molecule has 2 aliphatic heterocycles. The van der Waals surface area contributed by atoms with Crippen LogP contribution >= 0.6 is 11.8 Å². The molecule has 23 heavy (non-hydrogen) atoms. The third kappa shape index (κ3) is 4.28. The van der Waals surface area contributed by atoms with Gasteiger partial charge in [0.1, 0.15) is 36.4 Å². The van der Waals surface area contributed by atoms with Crippen LogP contribution in [0.25, 0.3) is 0 Å². The zero-order valence-corrected chi connectivity index (χ0v) is 14.5. The molecule has 0 spiro atoms. The standard InChI is InChI=1S/C14H25N3O5S/c1-4-6-17(3)13-16-9-11(19)10(18)8(22-12(9)23-13)7-21-14(20)15-5-2/h8-12,18-19H,4-7H2,1-3H3,(H,15,20). The number of ether oxygens (including phenoxy) is 2. The van der Waals surface area contributed by atoms with Crippen LogP contribution in [-0.4, -0.2) is 82.9 Å². The number of carbonyl (C=O) groups is 1. The van der Waals surface area contributed by atoms with Crippen molar-refractivity contribution in [3.63, 3.8) is 0 Å². The first kappa shape index (κ1) is 18.3. The molecular weight excluding hydrogens is 322 g/mol. The molecular formula is C14H25N3O5S. The average molecular weight is 347 g/mol. The fraction of sp³-hybridized carbons (Fsp3) is 0.857. The lowest BCUT2D eigenvalue weighted by Crippen LogP contribution is -2.56. The number of alkyl carbamates (subject to hydrolysis) is 1. The van der Waals surface area contributed by atoms with Gasteiger partial charge in [-0.15, -0.1) is 0 Å². The molecule has 0 radical (unpaired) electrons. The second-order valence-corrected chi connectivity index (χ2v) is 6.66. The van der Waals surface area contributed by atoms with Crippen LogP contribution in [-0.2, 0) is 9.47 Å². The summed E-state index contributed by atoms with van der Waals surface area (Å²) in [6.07, 6.45) is -2.55. The summed E-state index contributed by atoms with van der Waals surface area (Å²) >= 11 is 1.42. The number of carbonyl (C=O) groups excluding carboxylic acids is 1. The van der Waals surface area contributed by atoms with Gasteiger partial charge in [-0.1, -0.05) is 18.7 Å². The van der Waals surface area contributed by atoms with Gasteiger partial charge in [0, 0.05) is 20.1 Å². The lowest BCUT2D eigenvalue weighted by Gasteiger charge is -2.37. The molecule has 0 aliphatic carbocycles. The summed E-state index contributed by atoms with van der Waals surface area (Å²) in [5.41, 5.74) is -0.384. The highest BCUT2D eigenvalue weighted by atomic mass is 32.2. The number of hydrogen-bond donors (Lipinski definition) is 3. The number of amides is 1. The van der Waals surface area contributed by atoms with Crippen molar-refractivity contribution in [1.29, 1.82) is 0 Å². The number of aliphatic hydroxyl groups is 2. The van der Waals surface area contributed by atoms with E-state index in [1.54, 1.807) is 6.92 Å². The number of fused-ring (bicyclic) bond motifs is 1. The molecule has 3 N–H and O–H groups in total. The Bertz CT molecular complexity index is 450. The Labute approximate surface area is 140 Å². The molecule has 2 aliphatic rings. The first-order chi connectivity index (χ1) is 11.0. The van der Waals surface area contributed by atoms with Crippen LogP contribution in [0.15, 0.2) is 4.99 Å². The highest BCUT2D eigenvalue weighted by molar-refractivity contribution is 8.14. The first-order valence-electron chi connectivity index (χ1n) is 7.85. The minimum Gasteiger partial charge on any atom is -0.447 e. The van der Waals surface area contributed by atoms with E-state index in [9.17, 15) is 15.0 Å². The Morgan fingerprint density at radius 3 is 2.83 bits per heavy atom. The van der Waals surface area contributed by atoms with Crippen LogP contribution in [0.5, 0.6) is 0 Å². The van der Waals surface area contributed by atoms with E-state index in [1.807, 2.05) is 11.9 Å². The first-order valence-corrected chi connectivity index (χ1v) is 8.73. The molecule has 0 aromatic rings. The monoisotopic (exact) mass is 347 g/mol. The molecule has 0 bridgehead atoms. The van der Waals surface area contributed by atoms with Crippen LogP contribution in [0.4, 0.5) is 4.79 Å². The van der Waals surface area contributed by atoms with Crippen molar-refractivity contribution in [3.05, 3.63) is 0 Å². The summed E-state index contributed by atoms with van der Waals surface area (Å²) in [4.78, 5) is 17.8. The highest BCUT2D eigenvalue weighted by Crippen LogP contribution is 2.37. The van der Waals surface area contributed by atoms with E-state index in [0.29, 0.717) is 6.54 Å². The summed E-state index contributed by atoms with van der Waals surface area (Å²) in [7, 11) is 1.94. The SMILES string of the molecule is CCCN(C)C1=NC2C(OC(COC(=O)NCC)C(O)C2O)S1. The molecule has 0 aromatic carbocycles. The Morgan fingerprint density at radius 2 is 2.17 bits per heavy atom. The van der Waals surface area contributed by atoms with E-state index in [0.717, 1.165) is 18.1 Å². The van der Waals surface area contributed by atoms with Gasteiger partial charge in [-0.2, -0.15) is 0 Å². The molecule has 1 amide bonds. The number of aliphatic hydroxyl groups excluding tert-OH is 2. The van der Waals surface area contributed by atoms with Crippen molar-refractivity contribution < 1.29 is 24.5 Å². The van der Waals surface area contributed by atoms with Gasteiger partial charge in [-0.05, 0) is 13.3 Å². The molecule has 8 nitrogen and oxygen atoms in total. The smallest absolute Gasteiger partial charge is 0.407 e. The predicted octanol–water partition coefficient (Wildman–Crippen LogP) is -0.00760. The molecule has 5 unspecified atom stereocenters. The Morgan fingerprint density at radius 1 is 1.43 bits per heavy atom. The van der Waals surface area contributed by atoms with Crippen LogP contribution in [0.3, 0.4) is 0 Å². The fourth-order valence-electron chi connectivity index (χ4n) is 2.52. The quantitative estimate of drug-likeness (QED) is 0.643. The lowest BCUT2D eigenvalue weighted by atomic mass is 9.99. The lowest BCUT2D eigenvalue weighted by molar-refractivity contribution is -0.164. The Balaban J connectivity index is 1.95. The number of nitrogens with one attached hydrogen (secondary N) is 1. The molecule has 1 fully saturated rings. The van der Waals surface area contributed by atoms with E-state index in [2.05, 4.69) is 17.2 Å². The Hall–Kier alpha value is -1.03. The maximum absolute atomic E-state index is 11.3. The van der Waals surface area contributed by atoms with E-state index in [1.165, 1.54) is 11.8 Å². The number of thioether (sulfide) groups is 1. The van der Waals surface area contributed by atoms with Crippen LogP contribution in [0.2, 0.25) is 0 Å². The van der Waals surface area contributed by atoms with E-state index in [4.69, 9.17) is 9.47 Å². The predicted molar refractivity (Wildman–Crippen MR) is 87.4 cm³/mol. The largest absolute Gasteiger partial charge is 0.447 e. The van der Waals surface area contributed by atoms with Crippen LogP contribution in [0, 0.1) is 0 Å². The minimum atomic E-state index is -1.15. The van der Waals surface area contributed by atoms with Crippen molar-refractivity contribution in [3.8, 4) is 0 Å². The summed E-state index contributed by atoms with van der Waals surface area (Å²) in [5.74, 6) is 0. The number of amidine groups is 1. The van der Waals surface area contributed by atoms with Gasteiger partial charge < -0.3 is 29.9 Å². The molecule has 0 aromatic heterocycles. The van der Waals surface area contributed by atoms with Crippen molar-refractivity contribution in [2.45, 2.75) is 50.1 Å². The topological polar surface area (TPSA) is 104 Å². The molecule has 132 valence electrons. The summed E-state index contributed by atoms with van der Waals surface area (Å²) in [6, 6.07) is -0.509. The van der Waals surface area contributed by atoms with Gasteiger partial charge in [0.2, 0.25) is 0 Å². The van der Waals surface area contributed by atoms with Gasteiger partial charge in [0.15, 0.2) is 5.17 Å². The van der Waals surface area contributed by atoms with Gasteiger partial charge in [-0.25, -0.2) is 4.79 Å². The van der Waals surface area contributed by atoms with Crippen molar-refractivity contribution >= 4 is 23.0 Å². The maximum Gasteiger partial charge on any atom is 0.407 e. The molecule has 5 atom stereocenters. The van der Waals surface area contributed by atoms with Gasteiger partial charge in [0.25, 0.3) is 0 Å². The third-order valence-corrected chi connectivity index (χ3v) is 4.99. The zero-order chi connectivity index (χ0) is 17.0. The molecule has 2 heterocycles. The van der Waals surface area contributed by atoms with Gasteiger partial charge in [0.05, 0.1) is 0 Å². The number of aliphatic imine (C=N–C) groups is 1. The van der Waals surface area contributed by atoms with Crippen LogP contribution < -0.4 is 5.32 Å². The summed E-state index contributed by atoms with van der Waals surface area (Å²) < 4.78 is 10.8. The maximum atomic E-state index is 11.3. The molecule has 2 rings (SSSR count). The van der Waals surface area contributed by atoms with Crippen LogP contribution in [0.1, 0.15) is 20.3 Å². The Kier molecular flexibility index (Phi) is 6.51. The second kappa shape index (κ2) is 8.18. The van der Waals surface area contributed by atoms with Crippen molar-refractivity contribution in [2.75, 3.05) is 26.7 Å². The highest BCUT2D eigenvalue weighted by Gasteiger charge is 2.49. The number of rotatable bonds is 5. The minimum absolute atomic E-state index is 0.117. The average Bonchev–Trinajstić information content (AvgIpc) is 2.94. The number of hydrogen-bond acceptors (Lipinski definition) is 8. The molecule has 9 heteroatoms. The van der Waals surface area contributed by atoms with Gasteiger partial charge in [-0.3, -0.25) is 4.99 Å². The summed E-state index contributed by atoms with van der Waals surface area (Å²) in [6.45, 7) is 5.05. The third-order valence-electron chi connectivity index (χ3n) is 3.73. The van der Waals surface area contributed by atoms with E-state index < -0.39 is 30.4 Å². The van der Waals surface area contributed by atoms with Gasteiger partial charge >= 0.3 is 6.09 Å².